The average molecular weight is 245 g/mol. The number of nitrogens with zero attached hydrogens (tertiary/aromatic N) is 2. The Kier molecular flexibility index (Phi) is 2.96. The lowest BCUT2D eigenvalue weighted by Crippen LogP contribution is -2.08. The SMILES string of the molecule is Cc1cc(Cn2cnc3c2CCCC3)oc1CN. The highest BCUT2D eigenvalue weighted by molar-refractivity contribution is 5.22. The van der Waals surface area contributed by atoms with E-state index in [-0.39, 0.29) is 0 Å². The van der Waals surface area contributed by atoms with Crippen LogP contribution in [0.1, 0.15) is 41.3 Å². The molecular weight excluding hydrogens is 226 g/mol. The summed E-state index contributed by atoms with van der Waals surface area (Å²) in [6, 6.07) is 2.08. The van der Waals surface area contributed by atoms with E-state index in [1.807, 2.05) is 13.3 Å². The summed E-state index contributed by atoms with van der Waals surface area (Å²) in [6.07, 6.45) is 6.73. The second-order valence-electron chi connectivity index (χ2n) is 5.00. The molecule has 1 aliphatic rings. The van der Waals surface area contributed by atoms with Crippen molar-refractivity contribution in [2.45, 2.75) is 45.7 Å². The molecule has 4 nitrogen and oxygen atoms in total. The molecule has 3 rings (SSSR count). The van der Waals surface area contributed by atoms with Crippen molar-refractivity contribution in [3.63, 3.8) is 0 Å². The summed E-state index contributed by atoms with van der Waals surface area (Å²) in [4.78, 5) is 4.50. The van der Waals surface area contributed by atoms with Crippen molar-refractivity contribution in [3.05, 3.63) is 40.9 Å². The van der Waals surface area contributed by atoms with Crippen molar-refractivity contribution in [1.29, 1.82) is 0 Å². The first-order chi connectivity index (χ1) is 8.78. The highest BCUT2D eigenvalue weighted by Gasteiger charge is 2.16. The van der Waals surface area contributed by atoms with Crippen LogP contribution < -0.4 is 5.73 Å². The van der Waals surface area contributed by atoms with Gasteiger partial charge >= 0.3 is 0 Å². The van der Waals surface area contributed by atoms with Gasteiger partial charge in [0.1, 0.15) is 11.5 Å². The van der Waals surface area contributed by atoms with E-state index < -0.39 is 0 Å². The molecule has 96 valence electrons. The Morgan fingerprint density at radius 3 is 3.00 bits per heavy atom. The zero-order chi connectivity index (χ0) is 12.5. The Morgan fingerprint density at radius 2 is 2.22 bits per heavy atom. The molecular formula is C14H19N3O. The van der Waals surface area contributed by atoms with Crippen LogP contribution in [0.2, 0.25) is 0 Å². The summed E-state index contributed by atoms with van der Waals surface area (Å²) >= 11 is 0. The monoisotopic (exact) mass is 245 g/mol. The number of imidazole rings is 1. The van der Waals surface area contributed by atoms with Crippen LogP contribution in [0.4, 0.5) is 0 Å². The maximum atomic E-state index is 5.75. The minimum atomic E-state index is 0.466. The van der Waals surface area contributed by atoms with Crippen molar-refractivity contribution in [2.75, 3.05) is 0 Å². The molecule has 0 unspecified atom stereocenters. The molecule has 2 N–H and O–H groups in total. The highest BCUT2D eigenvalue weighted by atomic mass is 16.3. The largest absolute Gasteiger partial charge is 0.463 e. The number of aryl methyl sites for hydroxylation is 2. The Bertz CT molecular complexity index is 553. The van der Waals surface area contributed by atoms with Gasteiger partial charge in [0.15, 0.2) is 0 Å². The molecule has 0 aliphatic heterocycles. The van der Waals surface area contributed by atoms with Gasteiger partial charge in [0.25, 0.3) is 0 Å². The van der Waals surface area contributed by atoms with Gasteiger partial charge in [-0.25, -0.2) is 4.98 Å². The predicted molar refractivity (Wildman–Crippen MR) is 69.3 cm³/mol. The molecule has 0 bridgehead atoms. The van der Waals surface area contributed by atoms with E-state index in [2.05, 4.69) is 15.6 Å². The Labute approximate surface area is 107 Å². The quantitative estimate of drug-likeness (QED) is 0.901. The highest BCUT2D eigenvalue weighted by Crippen LogP contribution is 2.22. The standard InChI is InChI=1S/C14H19N3O/c1-10-6-11(18-14(10)7-15)8-17-9-16-12-4-2-3-5-13(12)17/h6,9H,2-5,7-8,15H2,1H3. The molecule has 2 aromatic rings. The molecule has 2 heterocycles. The van der Waals surface area contributed by atoms with Crippen molar-refractivity contribution in [3.8, 4) is 0 Å². The van der Waals surface area contributed by atoms with Gasteiger partial charge < -0.3 is 14.7 Å². The van der Waals surface area contributed by atoms with E-state index in [0.29, 0.717) is 6.54 Å². The lowest BCUT2D eigenvalue weighted by atomic mass is 10.0. The fraction of sp³-hybridized carbons (Fsp3) is 0.500. The van der Waals surface area contributed by atoms with Crippen LogP contribution in [-0.2, 0) is 25.9 Å². The third kappa shape index (κ3) is 1.97. The molecule has 0 saturated carbocycles. The van der Waals surface area contributed by atoms with Crippen LogP contribution >= 0.6 is 0 Å². The summed E-state index contributed by atoms with van der Waals surface area (Å²) in [6.45, 7) is 3.27. The third-order valence-corrected chi connectivity index (χ3v) is 3.69. The second kappa shape index (κ2) is 4.61. The molecule has 0 fully saturated rings. The topological polar surface area (TPSA) is 57.0 Å². The van der Waals surface area contributed by atoms with Crippen LogP contribution in [0.5, 0.6) is 0 Å². The maximum absolute atomic E-state index is 5.75. The summed E-state index contributed by atoms with van der Waals surface area (Å²) in [5.74, 6) is 1.86. The van der Waals surface area contributed by atoms with Crippen LogP contribution in [-0.4, -0.2) is 9.55 Å². The summed E-state index contributed by atoms with van der Waals surface area (Å²) < 4.78 is 7.97. The van der Waals surface area contributed by atoms with Crippen LogP contribution in [0.3, 0.4) is 0 Å². The van der Waals surface area contributed by atoms with E-state index in [4.69, 9.17) is 10.2 Å². The average Bonchev–Trinajstić information content (AvgIpc) is 2.94. The van der Waals surface area contributed by atoms with E-state index in [0.717, 1.165) is 36.5 Å². The molecule has 0 spiro atoms. The first-order valence-electron chi connectivity index (χ1n) is 6.59. The van der Waals surface area contributed by atoms with E-state index in [1.54, 1.807) is 0 Å². The Balaban J connectivity index is 1.85. The van der Waals surface area contributed by atoms with Crippen LogP contribution in [0.25, 0.3) is 0 Å². The van der Waals surface area contributed by atoms with Gasteiger partial charge in [-0.2, -0.15) is 0 Å². The molecule has 0 aromatic carbocycles. The molecule has 0 radical (unpaired) electrons. The number of rotatable bonds is 3. The third-order valence-electron chi connectivity index (χ3n) is 3.69. The zero-order valence-electron chi connectivity index (χ0n) is 10.8. The molecule has 0 atom stereocenters. The molecule has 4 heteroatoms. The zero-order valence-corrected chi connectivity index (χ0v) is 10.8. The van der Waals surface area contributed by atoms with Crippen LogP contribution in [0, 0.1) is 6.92 Å². The molecule has 2 aromatic heterocycles. The molecule has 0 amide bonds. The van der Waals surface area contributed by atoms with Gasteiger partial charge in [0.05, 0.1) is 25.1 Å². The number of fused-ring (bicyclic) bond motifs is 1. The van der Waals surface area contributed by atoms with Crippen molar-refractivity contribution in [2.24, 2.45) is 5.73 Å². The normalized spacial score (nSPS) is 14.8. The maximum Gasteiger partial charge on any atom is 0.124 e. The first-order valence-corrected chi connectivity index (χ1v) is 6.59. The van der Waals surface area contributed by atoms with Gasteiger partial charge in [-0.3, -0.25) is 0 Å². The Morgan fingerprint density at radius 1 is 1.39 bits per heavy atom. The van der Waals surface area contributed by atoms with Crippen molar-refractivity contribution < 1.29 is 4.42 Å². The lowest BCUT2D eigenvalue weighted by Gasteiger charge is -2.13. The summed E-state index contributed by atoms with van der Waals surface area (Å²) in [5.41, 5.74) is 9.42. The number of furan rings is 1. The van der Waals surface area contributed by atoms with Gasteiger partial charge in [-0.1, -0.05) is 0 Å². The van der Waals surface area contributed by atoms with E-state index in [1.165, 1.54) is 24.2 Å². The smallest absolute Gasteiger partial charge is 0.124 e. The second-order valence-corrected chi connectivity index (χ2v) is 5.00. The van der Waals surface area contributed by atoms with Gasteiger partial charge in [0.2, 0.25) is 0 Å². The molecule has 1 aliphatic carbocycles. The fourth-order valence-electron chi connectivity index (χ4n) is 2.71. The minimum Gasteiger partial charge on any atom is -0.463 e. The van der Waals surface area contributed by atoms with Gasteiger partial charge in [-0.05, 0) is 44.2 Å². The summed E-state index contributed by atoms with van der Waals surface area (Å²) in [7, 11) is 0. The number of hydrogen-bond donors (Lipinski definition) is 1. The summed E-state index contributed by atoms with van der Waals surface area (Å²) in [5, 5.41) is 0. The number of aromatic nitrogens is 2. The van der Waals surface area contributed by atoms with E-state index in [9.17, 15) is 0 Å². The van der Waals surface area contributed by atoms with Crippen molar-refractivity contribution >= 4 is 0 Å². The molecule has 18 heavy (non-hydrogen) atoms. The van der Waals surface area contributed by atoms with Crippen LogP contribution in [0.15, 0.2) is 16.8 Å². The minimum absolute atomic E-state index is 0.466. The lowest BCUT2D eigenvalue weighted by molar-refractivity contribution is 0.449. The molecule has 0 saturated heterocycles. The van der Waals surface area contributed by atoms with Gasteiger partial charge in [-0.15, -0.1) is 0 Å². The number of hydrogen-bond acceptors (Lipinski definition) is 3. The van der Waals surface area contributed by atoms with Gasteiger partial charge in [0, 0.05) is 5.69 Å². The predicted octanol–water partition coefficient (Wildman–Crippen LogP) is 2.17. The van der Waals surface area contributed by atoms with E-state index >= 15 is 0 Å². The van der Waals surface area contributed by atoms with Crippen molar-refractivity contribution in [1.82, 2.24) is 9.55 Å². The fourth-order valence-corrected chi connectivity index (χ4v) is 2.71. The first kappa shape index (κ1) is 11.5. The Hall–Kier alpha value is -1.55. The number of nitrogens with two attached hydrogens (primary N) is 1.